The molecule has 0 aromatic carbocycles. The Bertz CT molecular complexity index is 834. The second-order valence-corrected chi connectivity index (χ2v) is 8.65. The van der Waals surface area contributed by atoms with Gasteiger partial charge in [0.15, 0.2) is 8.93 Å². The van der Waals surface area contributed by atoms with Gasteiger partial charge in [0.25, 0.3) is 0 Å². The zero-order chi connectivity index (χ0) is 18.2. The van der Waals surface area contributed by atoms with E-state index in [-0.39, 0.29) is 0 Å². The van der Waals surface area contributed by atoms with Gasteiger partial charge >= 0.3 is 0 Å². The van der Waals surface area contributed by atoms with Crippen LogP contribution in [-0.4, -0.2) is 29.9 Å². The summed E-state index contributed by atoms with van der Waals surface area (Å²) < 4.78 is 3.68. The van der Waals surface area contributed by atoms with Crippen LogP contribution in [-0.2, 0) is 0 Å². The van der Waals surface area contributed by atoms with Crippen LogP contribution in [0, 0.1) is 0 Å². The molecule has 5 N–H and O–H groups in total. The Hall–Kier alpha value is -1.66. The number of nitrogens with two attached hydrogens (primary N) is 2. The molecule has 0 aliphatic rings. The fraction of sp³-hybridized carbons (Fsp3) is 0. The van der Waals surface area contributed by atoms with Crippen LogP contribution in [0.1, 0.15) is 0 Å². The second-order valence-electron chi connectivity index (χ2n) is 4.07. The molecule has 25 heavy (non-hydrogen) atoms. The van der Waals surface area contributed by atoms with E-state index in [2.05, 4.69) is 41.2 Å². The number of H-pyrrole nitrogens is 1. The highest BCUT2D eigenvalue weighted by Gasteiger charge is 2.02. The van der Waals surface area contributed by atoms with E-state index in [9.17, 15) is 0 Å². The Balaban J connectivity index is 0.000000148. The van der Waals surface area contributed by atoms with Crippen molar-refractivity contribution >= 4 is 73.4 Å². The highest BCUT2D eigenvalue weighted by molar-refractivity contribution is 9.11. The number of aromatic nitrogens is 6. The Morgan fingerprint density at radius 1 is 1.08 bits per heavy atom. The third-order valence-electron chi connectivity index (χ3n) is 2.27. The van der Waals surface area contributed by atoms with Gasteiger partial charge in [-0.1, -0.05) is 45.9 Å². The molecule has 0 fully saturated rings. The highest BCUT2D eigenvalue weighted by atomic mass is 79.9. The normalized spacial score (nSPS) is 9.72. The van der Waals surface area contributed by atoms with Gasteiger partial charge in [-0.25, -0.2) is 14.6 Å². The number of nitrogen functional groups attached to an aromatic ring is 2. The molecule has 0 atom stereocenters. The Labute approximate surface area is 168 Å². The van der Waals surface area contributed by atoms with Gasteiger partial charge in [-0.15, -0.1) is 5.10 Å². The zero-order valence-electron chi connectivity index (χ0n) is 12.3. The van der Waals surface area contributed by atoms with E-state index < -0.39 is 0 Å². The summed E-state index contributed by atoms with van der Waals surface area (Å²) in [6.07, 6.45) is 6.70. The molecule has 4 heterocycles. The fourth-order valence-corrected chi connectivity index (χ4v) is 3.69. The molecule has 4 aromatic rings. The van der Waals surface area contributed by atoms with E-state index in [4.69, 9.17) is 34.7 Å². The van der Waals surface area contributed by atoms with E-state index in [1.54, 1.807) is 41.6 Å². The summed E-state index contributed by atoms with van der Waals surface area (Å²) in [7, 11) is 0. The Kier molecular flexibility index (Phi) is 7.65. The van der Waals surface area contributed by atoms with Gasteiger partial charge in [0, 0.05) is 12.3 Å². The largest absolute Gasteiger partial charge is 0.384 e. The molecule has 0 amide bonds. The molecule has 0 bridgehead atoms. The average molecular weight is 482 g/mol. The molecular weight excluding hydrogens is 471 g/mol. The number of hydrogen-bond donors (Lipinski definition) is 3. The van der Waals surface area contributed by atoms with Crippen molar-refractivity contribution in [2.45, 2.75) is 0 Å². The molecule has 0 saturated heterocycles. The van der Waals surface area contributed by atoms with Crippen molar-refractivity contribution in [1.82, 2.24) is 29.9 Å². The Morgan fingerprint density at radius 3 is 2.12 bits per heavy atom. The van der Waals surface area contributed by atoms with Crippen molar-refractivity contribution in [3.05, 3.63) is 49.6 Å². The summed E-state index contributed by atoms with van der Waals surface area (Å²) in [6, 6.07) is 3.41. The lowest BCUT2D eigenvalue weighted by atomic mass is 10.7. The summed E-state index contributed by atoms with van der Waals surface area (Å²) in [5.74, 6) is 1.09. The van der Waals surface area contributed by atoms with Crippen LogP contribution in [0.25, 0.3) is 5.00 Å². The number of halogens is 3. The first-order valence-corrected chi connectivity index (χ1v) is 9.56. The van der Waals surface area contributed by atoms with Crippen molar-refractivity contribution in [3.8, 4) is 5.00 Å². The molecule has 4 aromatic heterocycles. The van der Waals surface area contributed by atoms with E-state index >= 15 is 0 Å². The van der Waals surface area contributed by atoms with E-state index in [0.29, 0.717) is 20.6 Å². The molecule has 0 aliphatic heterocycles. The predicted molar refractivity (Wildman–Crippen MR) is 106 cm³/mol. The first-order valence-electron chi connectivity index (χ1n) is 6.38. The number of thiazole rings is 2. The van der Waals surface area contributed by atoms with Gasteiger partial charge in [0.1, 0.15) is 16.6 Å². The molecular formula is C12H11BrCl2N8S2. The van der Waals surface area contributed by atoms with Crippen molar-refractivity contribution in [3.63, 3.8) is 0 Å². The molecule has 132 valence electrons. The number of aromatic amines is 1. The quantitative estimate of drug-likeness (QED) is 0.375. The maximum Gasteiger partial charge on any atom is 0.185 e. The number of rotatable bonds is 1. The van der Waals surface area contributed by atoms with Crippen LogP contribution >= 0.6 is 61.8 Å². The summed E-state index contributed by atoms with van der Waals surface area (Å²) in [5, 5.41) is 11.0. The average Bonchev–Trinajstić information content (AvgIpc) is 3.33. The molecule has 0 radical (unpaired) electrons. The standard InChI is InChI=1S/C6H5ClN4S.C3HBrClNS.C3H5N3/c7-6-9-3-5(12-6)11-2-1-4(8)10-11;4-2-1-6-3(5)7-2;4-3-1-2-5-6-3/h1-3H,(H2,8,10);1H;1-2H,(H3,4,5,6). The van der Waals surface area contributed by atoms with Crippen LogP contribution < -0.4 is 11.5 Å². The SMILES string of the molecule is Clc1ncc(Br)s1.Nc1ccn(-c2cnc(Cl)s2)n1.Nc1ccn[nH]1. The number of nitrogens with zero attached hydrogens (tertiary/aromatic N) is 5. The maximum absolute atomic E-state index is 5.65. The third-order valence-corrected chi connectivity index (χ3v) is 4.97. The summed E-state index contributed by atoms with van der Waals surface area (Å²) in [4.78, 5) is 7.64. The monoisotopic (exact) mass is 480 g/mol. The molecule has 0 aliphatic carbocycles. The number of nitrogens with one attached hydrogen (secondary N) is 1. The molecule has 0 saturated carbocycles. The lowest BCUT2D eigenvalue weighted by Crippen LogP contribution is -1.92. The second kappa shape index (κ2) is 9.73. The predicted octanol–water partition coefficient (Wildman–Crippen LogP) is 4.12. The maximum atomic E-state index is 5.65. The fourth-order valence-electron chi connectivity index (χ4n) is 1.31. The number of anilines is 2. The minimum Gasteiger partial charge on any atom is -0.384 e. The first kappa shape index (κ1) is 19.7. The minimum atomic E-state index is 0.486. The van der Waals surface area contributed by atoms with Crippen molar-refractivity contribution in [2.75, 3.05) is 11.5 Å². The van der Waals surface area contributed by atoms with Crippen LogP contribution in [0.2, 0.25) is 8.93 Å². The lowest BCUT2D eigenvalue weighted by Gasteiger charge is -1.91. The lowest BCUT2D eigenvalue weighted by molar-refractivity contribution is 0.900. The van der Waals surface area contributed by atoms with Gasteiger partial charge in [-0.3, -0.25) is 5.10 Å². The Morgan fingerprint density at radius 2 is 1.80 bits per heavy atom. The number of hydrogen-bond acceptors (Lipinski definition) is 8. The minimum absolute atomic E-state index is 0.486. The van der Waals surface area contributed by atoms with Gasteiger partial charge in [0.05, 0.1) is 22.4 Å². The zero-order valence-corrected chi connectivity index (χ0v) is 17.0. The molecule has 4 rings (SSSR count). The summed E-state index contributed by atoms with van der Waals surface area (Å²) >= 11 is 17.1. The van der Waals surface area contributed by atoms with Gasteiger partial charge < -0.3 is 11.5 Å². The van der Waals surface area contributed by atoms with Gasteiger partial charge in [-0.05, 0) is 22.0 Å². The molecule has 13 heteroatoms. The van der Waals surface area contributed by atoms with Crippen molar-refractivity contribution < 1.29 is 0 Å². The highest BCUT2D eigenvalue weighted by Crippen LogP contribution is 2.22. The topological polar surface area (TPSA) is 124 Å². The van der Waals surface area contributed by atoms with E-state index in [1.807, 2.05) is 0 Å². The van der Waals surface area contributed by atoms with Crippen LogP contribution in [0.4, 0.5) is 11.6 Å². The van der Waals surface area contributed by atoms with E-state index in [0.717, 1.165) is 8.79 Å². The summed E-state index contributed by atoms with van der Waals surface area (Å²) in [6.45, 7) is 0. The molecule has 8 nitrogen and oxygen atoms in total. The van der Waals surface area contributed by atoms with Gasteiger partial charge in [0.2, 0.25) is 0 Å². The van der Waals surface area contributed by atoms with Crippen LogP contribution in [0.3, 0.4) is 0 Å². The smallest absolute Gasteiger partial charge is 0.185 e. The van der Waals surface area contributed by atoms with E-state index in [1.165, 1.54) is 22.7 Å². The van der Waals surface area contributed by atoms with Gasteiger partial charge in [-0.2, -0.15) is 5.10 Å². The van der Waals surface area contributed by atoms with Crippen molar-refractivity contribution in [1.29, 1.82) is 0 Å². The van der Waals surface area contributed by atoms with Crippen LogP contribution in [0.15, 0.2) is 40.7 Å². The molecule has 0 unspecified atom stereocenters. The molecule has 0 spiro atoms. The van der Waals surface area contributed by atoms with Crippen LogP contribution in [0.5, 0.6) is 0 Å². The first-order chi connectivity index (χ1) is 11.9. The van der Waals surface area contributed by atoms with Crippen molar-refractivity contribution in [2.24, 2.45) is 0 Å². The third kappa shape index (κ3) is 7.00. The summed E-state index contributed by atoms with van der Waals surface area (Å²) in [5.41, 5.74) is 10.6.